The van der Waals surface area contributed by atoms with Crippen molar-refractivity contribution in [3.63, 3.8) is 0 Å². The second-order valence-corrected chi connectivity index (χ2v) is 4.92. The summed E-state index contributed by atoms with van der Waals surface area (Å²) in [5.41, 5.74) is 8.49. The maximum Gasteiger partial charge on any atom is 0.294 e. The van der Waals surface area contributed by atoms with E-state index in [-0.39, 0.29) is 16.9 Å². The second-order valence-electron chi connectivity index (χ2n) is 4.55. The molecular weight excluding hydrogens is 264 g/mol. The third-order valence-corrected chi connectivity index (χ3v) is 3.45. The van der Waals surface area contributed by atoms with Crippen LogP contribution in [0.5, 0.6) is 0 Å². The molecule has 0 saturated heterocycles. The molecular formula is C14H13ClN2O2. The number of carbonyl (C=O) groups is 1. The van der Waals surface area contributed by atoms with E-state index < -0.39 is 0 Å². The fraction of sp³-hybridized carbons (Fsp3) is 0.214. The molecule has 4 nitrogen and oxygen atoms in total. The minimum absolute atomic E-state index is 0.169. The Labute approximate surface area is 115 Å². The van der Waals surface area contributed by atoms with Gasteiger partial charge in [0.05, 0.1) is 0 Å². The highest BCUT2D eigenvalue weighted by molar-refractivity contribution is 6.29. The quantitative estimate of drug-likeness (QED) is 0.814. The maximum absolute atomic E-state index is 12.4. The Bertz CT molecular complexity index is 636. The number of amides is 1. The van der Waals surface area contributed by atoms with Crippen LogP contribution >= 0.6 is 11.6 Å². The molecule has 0 bridgehead atoms. The van der Waals surface area contributed by atoms with Crippen molar-refractivity contribution in [1.82, 2.24) is 0 Å². The molecule has 0 radical (unpaired) electrons. The van der Waals surface area contributed by atoms with Gasteiger partial charge in [0.25, 0.3) is 5.91 Å². The smallest absolute Gasteiger partial charge is 0.294 e. The van der Waals surface area contributed by atoms with Gasteiger partial charge in [-0.1, -0.05) is 0 Å². The number of hydrogen-bond donors (Lipinski definition) is 1. The topological polar surface area (TPSA) is 59.5 Å². The van der Waals surface area contributed by atoms with Crippen molar-refractivity contribution in [1.29, 1.82) is 0 Å². The lowest BCUT2D eigenvalue weighted by atomic mass is 10.0. The number of carbonyl (C=O) groups excluding carboxylic acids is 1. The standard InChI is InChI=1S/C14H13ClN2O2/c15-13-6-5-12(19-13)14(18)17-7-1-2-9-8-10(16)3-4-11(9)17/h3-6,8H,1-2,7,16H2. The number of nitrogen functional groups attached to an aromatic ring is 1. The molecule has 1 amide bonds. The van der Waals surface area contributed by atoms with E-state index in [1.807, 2.05) is 12.1 Å². The van der Waals surface area contributed by atoms with Crippen molar-refractivity contribution in [2.24, 2.45) is 0 Å². The summed E-state index contributed by atoms with van der Waals surface area (Å²) >= 11 is 5.71. The first-order valence-corrected chi connectivity index (χ1v) is 6.48. The van der Waals surface area contributed by atoms with Crippen LogP contribution in [0, 0.1) is 0 Å². The van der Waals surface area contributed by atoms with Crippen LogP contribution in [0.3, 0.4) is 0 Å². The van der Waals surface area contributed by atoms with Gasteiger partial charge in [-0.05, 0) is 60.3 Å². The number of nitrogens with zero attached hydrogens (tertiary/aromatic N) is 1. The Kier molecular flexibility index (Phi) is 2.95. The number of fused-ring (bicyclic) bond motifs is 1. The molecule has 0 unspecified atom stereocenters. The lowest BCUT2D eigenvalue weighted by Crippen LogP contribution is -2.35. The molecule has 1 aromatic heterocycles. The zero-order valence-corrected chi connectivity index (χ0v) is 11.0. The van der Waals surface area contributed by atoms with Crippen LogP contribution in [0.4, 0.5) is 11.4 Å². The molecule has 0 spiro atoms. The molecule has 2 N–H and O–H groups in total. The van der Waals surface area contributed by atoms with Crippen LogP contribution in [0.15, 0.2) is 34.7 Å². The van der Waals surface area contributed by atoms with E-state index in [1.165, 1.54) is 0 Å². The first-order valence-electron chi connectivity index (χ1n) is 6.11. The van der Waals surface area contributed by atoms with E-state index in [0.717, 1.165) is 24.1 Å². The van der Waals surface area contributed by atoms with Gasteiger partial charge in [-0.25, -0.2) is 0 Å². The van der Waals surface area contributed by atoms with Gasteiger partial charge < -0.3 is 15.1 Å². The molecule has 19 heavy (non-hydrogen) atoms. The Hall–Kier alpha value is -1.94. The average Bonchev–Trinajstić information content (AvgIpc) is 2.83. The molecule has 2 heterocycles. The molecule has 1 aromatic carbocycles. The summed E-state index contributed by atoms with van der Waals surface area (Å²) in [5.74, 6) is 0.0901. The number of hydrogen-bond acceptors (Lipinski definition) is 3. The van der Waals surface area contributed by atoms with Crippen LogP contribution in [0.1, 0.15) is 22.5 Å². The third kappa shape index (κ3) is 2.19. The van der Waals surface area contributed by atoms with E-state index in [1.54, 1.807) is 23.1 Å². The SMILES string of the molecule is Nc1ccc2c(c1)CCCN2C(=O)c1ccc(Cl)o1. The van der Waals surface area contributed by atoms with E-state index in [0.29, 0.717) is 12.2 Å². The Morgan fingerprint density at radius 3 is 2.89 bits per heavy atom. The molecule has 1 aliphatic rings. The number of furan rings is 1. The normalized spacial score (nSPS) is 14.3. The highest BCUT2D eigenvalue weighted by Crippen LogP contribution is 2.30. The highest BCUT2D eigenvalue weighted by atomic mass is 35.5. The molecule has 0 aliphatic carbocycles. The predicted molar refractivity (Wildman–Crippen MR) is 74.6 cm³/mol. The van der Waals surface area contributed by atoms with Gasteiger partial charge in [0.1, 0.15) is 0 Å². The van der Waals surface area contributed by atoms with E-state index in [4.69, 9.17) is 21.8 Å². The number of rotatable bonds is 1. The molecule has 0 saturated carbocycles. The van der Waals surface area contributed by atoms with E-state index >= 15 is 0 Å². The van der Waals surface area contributed by atoms with Gasteiger partial charge in [-0.15, -0.1) is 0 Å². The monoisotopic (exact) mass is 276 g/mol. The summed E-state index contributed by atoms with van der Waals surface area (Å²) in [5, 5.41) is 0.220. The van der Waals surface area contributed by atoms with Gasteiger partial charge in [0.2, 0.25) is 0 Å². The molecule has 2 aromatic rings. The van der Waals surface area contributed by atoms with Crippen LogP contribution in [0.25, 0.3) is 0 Å². The van der Waals surface area contributed by atoms with Crippen LogP contribution in [-0.2, 0) is 6.42 Å². The molecule has 98 valence electrons. The largest absolute Gasteiger partial charge is 0.440 e. The molecule has 0 atom stereocenters. The zero-order valence-electron chi connectivity index (χ0n) is 10.2. The third-order valence-electron chi connectivity index (χ3n) is 3.25. The Morgan fingerprint density at radius 1 is 1.32 bits per heavy atom. The summed E-state index contributed by atoms with van der Waals surface area (Å²) in [6.07, 6.45) is 1.85. The van der Waals surface area contributed by atoms with Crippen molar-refractivity contribution in [2.75, 3.05) is 17.2 Å². The number of nitrogens with two attached hydrogens (primary N) is 1. The van der Waals surface area contributed by atoms with Crippen LogP contribution in [-0.4, -0.2) is 12.5 Å². The van der Waals surface area contributed by atoms with Crippen LogP contribution in [0.2, 0.25) is 5.22 Å². The minimum Gasteiger partial charge on any atom is -0.440 e. The zero-order chi connectivity index (χ0) is 13.4. The summed E-state index contributed by atoms with van der Waals surface area (Å²) in [7, 11) is 0. The first kappa shape index (κ1) is 12.1. The molecule has 0 fully saturated rings. The number of benzene rings is 1. The van der Waals surface area contributed by atoms with Crippen LogP contribution < -0.4 is 10.6 Å². The number of aryl methyl sites for hydroxylation is 1. The summed E-state index contributed by atoms with van der Waals surface area (Å²) in [4.78, 5) is 14.1. The fourth-order valence-electron chi connectivity index (χ4n) is 2.39. The minimum atomic E-state index is -0.169. The average molecular weight is 277 g/mol. The molecule has 1 aliphatic heterocycles. The van der Waals surface area contributed by atoms with Crippen molar-refractivity contribution in [2.45, 2.75) is 12.8 Å². The van der Waals surface area contributed by atoms with Gasteiger partial charge in [-0.3, -0.25) is 4.79 Å². The maximum atomic E-state index is 12.4. The second kappa shape index (κ2) is 4.63. The number of halogens is 1. The molecule has 5 heteroatoms. The Morgan fingerprint density at radius 2 is 2.16 bits per heavy atom. The number of anilines is 2. The van der Waals surface area contributed by atoms with Gasteiger partial charge in [-0.2, -0.15) is 0 Å². The Balaban J connectivity index is 1.97. The van der Waals surface area contributed by atoms with Gasteiger partial charge in [0.15, 0.2) is 11.0 Å². The van der Waals surface area contributed by atoms with Crippen molar-refractivity contribution >= 4 is 28.9 Å². The first-order chi connectivity index (χ1) is 9.15. The highest BCUT2D eigenvalue weighted by Gasteiger charge is 2.25. The van der Waals surface area contributed by atoms with E-state index in [9.17, 15) is 4.79 Å². The van der Waals surface area contributed by atoms with E-state index in [2.05, 4.69) is 0 Å². The fourth-order valence-corrected chi connectivity index (χ4v) is 2.54. The molecule has 3 rings (SSSR count). The van der Waals surface area contributed by atoms with Gasteiger partial charge in [0, 0.05) is 17.9 Å². The lowest BCUT2D eigenvalue weighted by Gasteiger charge is -2.29. The predicted octanol–water partition coefficient (Wildman–Crippen LogP) is 3.11. The van der Waals surface area contributed by atoms with Gasteiger partial charge >= 0.3 is 0 Å². The lowest BCUT2D eigenvalue weighted by molar-refractivity contribution is 0.0958. The van der Waals surface area contributed by atoms with Crippen molar-refractivity contribution in [3.8, 4) is 0 Å². The van der Waals surface area contributed by atoms with Crippen molar-refractivity contribution in [3.05, 3.63) is 46.9 Å². The summed E-state index contributed by atoms with van der Waals surface area (Å²) in [6, 6.07) is 8.77. The summed E-state index contributed by atoms with van der Waals surface area (Å²) < 4.78 is 5.19. The summed E-state index contributed by atoms with van der Waals surface area (Å²) in [6.45, 7) is 0.675. The van der Waals surface area contributed by atoms with Crippen molar-refractivity contribution < 1.29 is 9.21 Å².